The molecule has 3 heteroatoms. The Balaban J connectivity index is 2.18. The van der Waals surface area contributed by atoms with Gasteiger partial charge in [0.15, 0.2) is 6.10 Å². The molecule has 1 aliphatic heterocycles. The Morgan fingerprint density at radius 2 is 2.17 bits per heavy atom. The Labute approximate surface area is 70.3 Å². The van der Waals surface area contributed by atoms with E-state index in [-0.39, 0.29) is 11.9 Å². The standard InChI is InChI=1S/C9H8NO2/c11-8-3-1-7(2-4-8)9-5-6-10-12-9/h1-4,9,11H,5H2. The zero-order chi connectivity index (χ0) is 8.39. The summed E-state index contributed by atoms with van der Waals surface area (Å²) in [6.45, 7) is 0. The van der Waals surface area contributed by atoms with Crippen LogP contribution in [-0.4, -0.2) is 11.3 Å². The van der Waals surface area contributed by atoms with E-state index in [1.165, 1.54) is 0 Å². The van der Waals surface area contributed by atoms with Crippen LogP contribution in [0.3, 0.4) is 0 Å². The highest BCUT2D eigenvalue weighted by atomic mass is 16.6. The van der Waals surface area contributed by atoms with Gasteiger partial charge in [-0.2, -0.15) is 0 Å². The first-order valence-electron chi connectivity index (χ1n) is 3.74. The molecule has 0 aromatic heterocycles. The van der Waals surface area contributed by atoms with Crippen LogP contribution in [-0.2, 0) is 4.84 Å². The van der Waals surface area contributed by atoms with E-state index in [2.05, 4.69) is 11.4 Å². The van der Waals surface area contributed by atoms with Gasteiger partial charge in [-0.25, -0.2) is 0 Å². The van der Waals surface area contributed by atoms with Crippen LogP contribution >= 0.6 is 0 Å². The lowest BCUT2D eigenvalue weighted by atomic mass is 10.1. The minimum Gasteiger partial charge on any atom is -0.508 e. The van der Waals surface area contributed by atoms with Crippen LogP contribution in [0, 0.1) is 0 Å². The number of aromatic hydroxyl groups is 1. The van der Waals surface area contributed by atoms with Crippen molar-refractivity contribution in [2.45, 2.75) is 12.5 Å². The van der Waals surface area contributed by atoms with Gasteiger partial charge < -0.3 is 9.94 Å². The van der Waals surface area contributed by atoms with E-state index < -0.39 is 0 Å². The maximum absolute atomic E-state index is 9.02. The molecule has 1 heterocycles. The van der Waals surface area contributed by atoms with Crippen molar-refractivity contribution < 1.29 is 9.94 Å². The lowest BCUT2D eigenvalue weighted by molar-refractivity contribution is 0.0857. The molecule has 0 amide bonds. The van der Waals surface area contributed by atoms with Gasteiger partial charge in [-0.15, -0.1) is 0 Å². The SMILES string of the molecule is Oc1ccc(C2C[C]=NO2)cc1. The van der Waals surface area contributed by atoms with Gasteiger partial charge in [0, 0.05) is 6.42 Å². The lowest BCUT2D eigenvalue weighted by Gasteiger charge is -2.07. The van der Waals surface area contributed by atoms with E-state index in [1.54, 1.807) is 12.1 Å². The first kappa shape index (κ1) is 7.16. The second-order valence-electron chi connectivity index (χ2n) is 2.64. The van der Waals surface area contributed by atoms with Crippen LogP contribution in [0.4, 0.5) is 0 Å². The summed E-state index contributed by atoms with van der Waals surface area (Å²) in [5, 5.41) is 12.6. The van der Waals surface area contributed by atoms with E-state index in [1.807, 2.05) is 12.1 Å². The Hall–Kier alpha value is -1.51. The molecule has 3 nitrogen and oxygen atoms in total. The van der Waals surface area contributed by atoms with E-state index in [0.717, 1.165) is 5.56 Å². The molecular formula is C9H8NO2. The highest BCUT2D eigenvalue weighted by Gasteiger charge is 2.15. The molecule has 0 bridgehead atoms. The molecule has 0 saturated carbocycles. The molecule has 0 saturated heterocycles. The van der Waals surface area contributed by atoms with Crippen LogP contribution in [0.25, 0.3) is 0 Å². The summed E-state index contributed by atoms with van der Waals surface area (Å²) in [5.41, 5.74) is 1.02. The first-order valence-corrected chi connectivity index (χ1v) is 3.74. The largest absolute Gasteiger partial charge is 0.508 e. The Bertz CT molecular complexity index is 284. The zero-order valence-electron chi connectivity index (χ0n) is 6.40. The predicted octanol–water partition coefficient (Wildman–Crippen LogP) is 1.72. The molecule has 0 spiro atoms. The summed E-state index contributed by atoms with van der Waals surface area (Å²) in [4.78, 5) is 5.01. The van der Waals surface area contributed by atoms with Crippen molar-refractivity contribution in [1.29, 1.82) is 0 Å². The van der Waals surface area contributed by atoms with Gasteiger partial charge in [-0.05, 0) is 17.7 Å². The molecule has 2 rings (SSSR count). The molecule has 1 aliphatic rings. The molecule has 0 fully saturated rings. The Morgan fingerprint density at radius 1 is 1.42 bits per heavy atom. The van der Waals surface area contributed by atoms with Crippen LogP contribution in [0.1, 0.15) is 18.1 Å². The van der Waals surface area contributed by atoms with Crippen molar-refractivity contribution in [3.63, 3.8) is 0 Å². The van der Waals surface area contributed by atoms with Crippen molar-refractivity contribution in [1.82, 2.24) is 0 Å². The molecule has 1 unspecified atom stereocenters. The molecule has 1 radical (unpaired) electrons. The lowest BCUT2D eigenvalue weighted by Crippen LogP contribution is -1.94. The van der Waals surface area contributed by atoms with Crippen molar-refractivity contribution in [2.75, 3.05) is 0 Å². The molecule has 1 N–H and O–H groups in total. The third-order valence-electron chi connectivity index (χ3n) is 1.79. The van der Waals surface area contributed by atoms with Crippen LogP contribution in [0.5, 0.6) is 5.75 Å². The summed E-state index contributed by atoms with van der Waals surface area (Å²) in [6, 6.07) is 6.92. The van der Waals surface area contributed by atoms with Gasteiger partial charge in [0.1, 0.15) is 12.0 Å². The summed E-state index contributed by atoms with van der Waals surface area (Å²) in [6.07, 6.45) is 3.39. The monoisotopic (exact) mass is 162 g/mol. The second-order valence-corrected chi connectivity index (χ2v) is 2.64. The molecule has 1 atom stereocenters. The summed E-state index contributed by atoms with van der Waals surface area (Å²) in [7, 11) is 0. The van der Waals surface area contributed by atoms with Gasteiger partial charge >= 0.3 is 0 Å². The molecule has 1 aromatic rings. The van der Waals surface area contributed by atoms with Crippen molar-refractivity contribution >= 4 is 6.21 Å². The number of hydrogen-bond donors (Lipinski definition) is 1. The van der Waals surface area contributed by atoms with E-state index >= 15 is 0 Å². The van der Waals surface area contributed by atoms with Crippen molar-refractivity contribution in [3.8, 4) is 5.75 Å². The number of hydrogen-bond acceptors (Lipinski definition) is 3. The zero-order valence-corrected chi connectivity index (χ0v) is 6.40. The number of nitrogens with zero attached hydrogens (tertiary/aromatic N) is 1. The maximum atomic E-state index is 9.02. The van der Waals surface area contributed by atoms with Crippen LogP contribution in [0.2, 0.25) is 0 Å². The van der Waals surface area contributed by atoms with Crippen molar-refractivity contribution in [3.05, 3.63) is 29.8 Å². The maximum Gasteiger partial charge on any atom is 0.158 e. The number of phenolic OH excluding ortho intramolecular Hbond substituents is 1. The molecule has 61 valence electrons. The van der Waals surface area contributed by atoms with Crippen LogP contribution in [0.15, 0.2) is 29.4 Å². The summed E-state index contributed by atoms with van der Waals surface area (Å²) in [5.74, 6) is 0.265. The fourth-order valence-corrected chi connectivity index (χ4v) is 1.13. The van der Waals surface area contributed by atoms with E-state index in [4.69, 9.17) is 9.94 Å². The van der Waals surface area contributed by atoms with E-state index in [0.29, 0.717) is 6.42 Å². The first-order chi connectivity index (χ1) is 5.86. The second kappa shape index (κ2) is 2.85. The molecule has 0 aliphatic carbocycles. The quantitative estimate of drug-likeness (QED) is 0.683. The highest BCUT2D eigenvalue weighted by molar-refractivity contribution is 5.59. The molecule has 12 heavy (non-hydrogen) atoms. The van der Waals surface area contributed by atoms with Gasteiger partial charge in [-0.3, -0.25) is 0 Å². The number of benzene rings is 1. The summed E-state index contributed by atoms with van der Waals surface area (Å²) < 4.78 is 0. The number of phenols is 1. The molecular weight excluding hydrogens is 154 g/mol. The van der Waals surface area contributed by atoms with Gasteiger partial charge in [0.2, 0.25) is 0 Å². The fourth-order valence-electron chi connectivity index (χ4n) is 1.13. The topological polar surface area (TPSA) is 41.8 Å². The normalized spacial score (nSPS) is 20.8. The minimum absolute atomic E-state index is 0.0226. The average molecular weight is 162 g/mol. The number of rotatable bonds is 1. The average Bonchev–Trinajstić information content (AvgIpc) is 2.58. The van der Waals surface area contributed by atoms with Gasteiger partial charge in [-0.1, -0.05) is 17.3 Å². The third kappa shape index (κ3) is 1.25. The predicted molar refractivity (Wildman–Crippen MR) is 44.0 cm³/mol. The van der Waals surface area contributed by atoms with Crippen molar-refractivity contribution in [2.24, 2.45) is 5.16 Å². The van der Waals surface area contributed by atoms with E-state index in [9.17, 15) is 0 Å². The minimum atomic E-state index is -0.0226. The molecule has 1 aromatic carbocycles. The van der Waals surface area contributed by atoms with Gasteiger partial charge in [0.25, 0.3) is 0 Å². The highest BCUT2D eigenvalue weighted by Crippen LogP contribution is 2.25. The Morgan fingerprint density at radius 3 is 2.75 bits per heavy atom. The van der Waals surface area contributed by atoms with Gasteiger partial charge in [0.05, 0.1) is 0 Å². The van der Waals surface area contributed by atoms with Crippen LogP contribution < -0.4 is 0 Å². The fraction of sp³-hybridized carbons (Fsp3) is 0.222. The summed E-state index contributed by atoms with van der Waals surface area (Å²) >= 11 is 0. The smallest absolute Gasteiger partial charge is 0.158 e. The third-order valence-corrected chi connectivity index (χ3v) is 1.79. The Kier molecular flexibility index (Phi) is 1.70.